The Balaban J connectivity index is 1.89. The molecular weight excluding hydrogens is 279 g/mol. The maximum Gasteiger partial charge on any atom is 0.401 e. The summed E-state index contributed by atoms with van der Waals surface area (Å²) in [6, 6.07) is 3.33. The first-order valence-electron chi connectivity index (χ1n) is 6.35. The molecule has 0 atom stereocenters. The van der Waals surface area contributed by atoms with Crippen LogP contribution in [0.25, 0.3) is 0 Å². The molecule has 0 amide bonds. The molecule has 0 aromatic heterocycles. The second kappa shape index (κ2) is 5.95. The van der Waals surface area contributed by atoms with E-state index >= 15 is 0 Å². The lowest BCUT2D eigenvalue weighted by Gasteiger charge is -2.33. The topological polar surface area (TPSA) is 15.3 Å². The van der Waals surface area contributed by atoms with Crippen molar-refractivity contribution in [3.05, 3.63) is 29.8 Å². The lowest BCUT2D eigenvalue weighted by atomic mass is 10.0. The van der Waals surface area contributed by atoms with E-state index in [1.165, 1.54) is 11.0 Å². The maximum absolute atomic E-state index is 13.4. The van der Waals surface area contributed by atoms with Gasteiger partial charge in [0, 0.05) is 19.1 Å². The molecule has 1 aromatic carbocycles. The van der Waals surface area contributed by atoms with E-state index in [9.17, 15) is 22.0 Å². The lowest BCUT2D eigenvalue weighted by molar-refractivity contribution is -0.147. The number of hydrogen-bond donors (Lipinski definition) is 1. The fourth-order valence-electron chi connectivity index (χ4n) is 2.33. The van der Waals surface area contributed by atoms with Gasteiger partial charge in [0.05, 0.1) is 6.54 Å². The molecule has 1 N–H and O–H groups in total. The number of piperidine rings is 1. The normalized spacial score (nSPS) is 18.2. The minimum Gasteiger partial charge on any atom is -0.377 e. The SMILES string of the molecule is Fc1cccc(F)c1NC1CCN(CC(F)(F)F)CC1. The molecule has 1 aromatic rings. The molecule has 1 aliphatic heterocycles. The zero-order valence-electron chi connectivity index (χ0n) is 10.7. The van der Waals surface area contributed by atoms with Crippen LogP contribution in [0.15, 0.2) is 18.2 Å². The van der Waals surface area contributed by atoms with E-state index in [-0.39, 0.29) is 24.8 Å². The molecule has 0 saturated carbocycles. The second-order valence-corrected chi connectivity index (χ2v) is 4.91. The molecule has 7 heteroatoms. The van der Waals surface area contributed by atoms with Crippen molar-refractivity contribution in [1.82, 2.24) is 4.90 Å². The number of nitrogens with one attached hydrogen (secondary N) is 1. The van der Waals surface area contributed by atoms with Crippen molar-refractivity contribution >= 4 is 5.69 Å². The minimum absolute atomic E-state index is 0.207. The molecule has 0 bridgehead atoms. The van der Waals surface area contributed by atoms with Crippen LogP contribution in [-0.2, 0) is 0 Å². The number of nitrogens with zero attached hydrogens (tertiary/aromatic N) is 1. The maximum atomic E-state index is 13.4. The van der Waals surface area contributed by atoms with Gasteiger partial charge in [-0.2, -0.15) is 13.2 Å². The highest BCUT2D eigenvalue weighted by Gasteiger charge is 2.32. The van der Waals surface area contributed by atoms with Crippen molar-refractivity contribution in [2.24, 2.45) is 0 Å². The molecule has 112 valence electrons. The number of halogens is 5. The molecule has 0 radical (unpaired) electrons. The molecule has 0 aliphatic carbocycles. The van der Waals surface area contributed by atoms with E-state index in [2.05, 4.69) is 5.32 Å². The Kier molecular flexibility index (Phi) is 4.47. The Morgan fingerprint density at radius 3 is 2.15 bits per heavy atom. The van der Waals surface area contributed by atoms with Crippen molar-refractivity contribution < 1.29 is 22.0 Å². The number of benzene rings is 1. The van der Waals surface area contributed by atoms with Gasteiger partial charge in [0.2, 0.25) is 0 Å². The summed E-state index contributed by atoms with van der Waals surface area (Å²) < 4.78 is 63.6. The van der Waals surface area contributed by atoms with Crippen molar-refractivity contribution in [3.63, 3.8) is 0 Å². The van der Waals surface area contributed by atoms with Gasteiger partial charge in [-0.05, 0) is 25.0 Å². The Morgan fingerprint density at radius 2 is 1.65 bits per heavy atom. The van der Waals surface area contributed by atoms with Crippen molar-refractivity contribution in [2.45, 2.75) is 25.1 Å². The van der Waals surface area contributed by atoms with Gasteiger partial charge < -0.3 is 5.32 Å². The monoisotopic (exact) mass is 294 g/mol. The van der Waals surface area contributed by atoms with Crippen LogP contribution in [0.1, 0.15) is 12.8 Å². The first-order chi connectivity index (χ1) is 9.35. The smallest absolute Gasteiger partial charge is 0.377 e. The fraction of sp³-hybridized carbons (Fsp3) is 0.538. The number of likely N-dealkylation sites (tertiary alicyclic amines) is 1. The molecule has 1 heterocycles. The summed E-state index contributed by atoms with van der Waals surface area (Å²) in [5.41, 5.74) is -0.207. The number of para-hydroxylation sites is 1. The fourth-order valence-corrected chi connectivity index (χ4v) is 2.33. The van der Waals surface area contributed by atoms with Gasteiger partial charge in [0.25, 0.3) is 0 Å². The highest BCUT2D eigenvalue weighted by atomic mass is 19.4. The van der Waals surface area contributed by atoms with Crippen LogP contribution in [-0.4, -0.2) is 36.8 Å². The van der Waals surface area contributed by atoms with Crippen LogP contribution in [0, 0.1) is 11.6 Å². The highest BCUT2D eigenvalue weighted by molar-refractivity contribution is 5.46. The molecule has 1 fully saturated rings. The number of alkyl halides is 3. The average molecular weight is 294 g/mol. The summed E-state index contributed by atoms with van der Waals surface area (Å²) in [5, 5.41) is 2.74. The first-order valence-corrected chi connectivity index (χ1v) is 6.35. The Hall–Kier alpha value is -1.37. The predicted molar refractivity (Wildman–Crippen MR) is 65.5 cm³/mol. The van der Waals surface area contributed by atoms with Crippen molar-refractivity contribution in [1.29, 1.82) is 0 Å². The van der Waals surface area contributed by atoms with Crippen molar-refractivity contribution in [3.8, 4) is 0 Å². The molecule has 2 rings (SSSR count). The van der Waals surface area contributed by atoms with E-state index in [0.29, 0.717) is 12.8 Å². The molecule has 1 saturated heterocycles. The van der Waals surface area contributed by atoms with E-state index in [1.807, 2.05) is 0 Å². The van der Waals surface area contributed by atoms with Crippen LogP contribution in [0.3, 0.4) is 0 Å². The van der Waals surface area contributed by atoms with Gasteiger partial charge in [0.1, 0.15) is 17.3 Å². The molecule has 0 spiro atoms. The molecular formula is C13H15F5N2. The first kappa shape index (κ1) is 15.0. The molecule has 20 heavy (non-hydrogen) atoms. The summed E-state index contributed by atoms with van der Waals surface area (Å²) in [4.78, 5) is 1.30. The Morgan fingerprint density at radius 1 is 1.10 bits per heavy atom. The van der Waals surface area contributed by atoms with Crippen LogP contribution in [0.4, 0.5) is 27.6 Å². The lowest BCUT2D eigenvalue weighted by Crippen LogP contribution is -2.43. The van der Waals surface area contributed by atoms with E-state index in [0.717, 1.165) is 12.1 Å². The van der Waals surface area contributed by atoms with Gasteiger partial charge in [0.15, 0.2) is 0 Å². The Labute approximate surface area is 113 Å². The molecule has 1 aliphatic rings. The van der Waals surface area contributed by atoms with Gasteiger partial charge in [-0.15, -0.1) is 0 Å². The van der Waals surface area contributed by atoms with Gasteiger partial charge in [-0.1, -0.05) is 6.07 Å². The van der Waals surface area contributed by atoms with Crippen molar-refractivity contribution in [2.75, 3.05) is 25.0 Å². The summed E-state index contributed by atoms with van der Waals surface area (Å²) in [5.74, 6) is -1.38. The van der Waals surface area contributed by atoms with Gasteiger partial charge >= 0.3 is 6.18 Å². The zero-order valence-corrected chi connectivity index (χ0v) is 10.7. The minimum atomic E-state index is -4.21. The van der Waals surface area contributed by atoms with E-state index in [4.69, 9.17) is 0 Å². The summed E-state index contributed by atoms with van der Waals surface area (Å²) >= 11 is 0. The van der Waals surface area contributed by atoms with E-state index in [1.54, 1.807) is 0 Å². The quantitative estimate of drug-likeness (QED) is 0.860. The van der Waals surface area contributed by atoms with Crippen LogP contribution >= 0.6 is 0 Å². The number of hydrogen-bond acceptors (Lipinski definition) is 2. The number of anilines is 1. The van der Waals surface area contributed by atoms with Crippen LogP contribution in [0.5, 0.6) is 0 Å². The number of rotatable bonds is 3. The summed E-state index contributed by atoms with van der Waals surface area (Å²) in [6.45, 7) is -0.422. The summed E-state index contributed by atoms with van der Waals surface area (Å²) in [6.07, 6.45) is -3.37. The zero-order chi connectivity index (χ0) is 14.8. The Bertz CT molecular complexity index is 432. The second-order valence-electron chi connectivity index (χ2n) is 4.91. The van der Waals surface area contributed by atoms with Gasteiger partial charge in [-0.25, -0.2) is 8.78 Å². The molecule has 0 unspecified atom stereocenters. The third-order valence-corrected chi connectivity index (χ3v) is 3.30. The summed E-state index contributed by atoms with van der Waals surface area (Å²) in [7, 11) is 0. The largest absolute Gasteiger partial charge is 0.401 e. The average Bonchev–Trinajstić information content (AvgIpc) is 2.34. The standard InChI is InChI=1S/C13H15F5N2/c14-10-2-1-3-11(15)12(10)19-9-4-6-20(7-5-9)8-13(16,17)18/h1-3,9,19H,4-8H2. The molecule has 2 nitrogen and oxygen atoms in total. The van der Waals surface area contributed by atoms with Gasteiger partial charge in [-0.3, -0.25) is 4.90 Å². The third kappa shape index (κ3) is 4.06. The predicted octanol–water partition coefficient (Wildman–Crippen LogP) is 3.40. The van der Waals surface area contributed by atoms with Crippen LogP contribution < -0.4 is 5.32 Å². The van der Waals surface area contributed by atoms with Crippen LogP contribution in [0.2, 0.25) is 0 Å². The third-order valence-electron chi connectivity index (χ3n) is 3.30. The highest BCUT2D eigenvalue weighted by Crippen LogP contribution is 2.24. The van der Waals surface area contributed by atoms with E-state index < -0.39 is 24.4 Å².